The van der Waals surface area contributed by atoms with Crippen molar-refractivity contribution in [3.8, 4) is 0 Å². The molecular weight excluding hydrogens is 252 g/mol. The van der Waals surface area contributed by atoms with Crippen molar-refractivity contribution in [2.45, 2.75) is 26.7 Å². The van der Waals surface area contributed by atoms with E-state index in [1.165, 1.54) is 0 Å². The van der Waals surface area contributed by atoms with Crippen LogP contribution < -0.4 is 5.32 Å². The lowest BCUT2D eigenvalue weighted by atomic mass is 9.99. The van der Waals surface area contributed by atoms with E-state index in [9.17, 15) is 9.59 Å². The Balaban J connectivity index is 1.81. The summed E-state index contributed by atoms with van der Waals surface area (Å²) in [6, 6.07) is 7.33. The summed E-state index contributed by atoms with van der Waals surface area (Å²) in [5.74, 6) is 0.516. The van der Waals surface area contributed by atoms with Crippen LogP contribution in [0, 0.1) is 12.8 Å². The standard InChI is InChI=1S/C16H22N2O2/c1-12-3-5-14(6-4-12)16(20)17-11-15(19)18-9-7-13(2)8-10-18/h3-6,13H,7-11H2,1-2H3,(H,17,20). The maximum Gasteiger partial charge on any atom is 0.251 e. The zero-order valence-electron chi connectivity index (χ0n) is 12.2. The lowest BCUT2D eigenvalue weighted by Crippen LogP contribution is -2.43. The molecule has 2 amide bonds. The Morgan fingerprint density at radius 3 is 2.40 bits per heavy atom. The van der Waals surface area contributed by atoms with E-state index in [0.717, 1.165) is 31.5 Å². The number of benzene rings is 1. The first kappa shape index (κ1) is 14.6. The van der Waals surface area contributed by atoms with Gasteiger partial charge in [-0.25, -0.2) is 0 Å². The van der Waals surface area contributed by atoms with Gasteiger partial charge in [-0.1, -0.05) is 24.6 Å². The molecule has 4 nitrogen and oxygen atoms in total. The average Bonchev–Trinajstić information content (AvgIpc) is 2.46. The molecule has 0 aromatic heterocycles. The van der Waals surface area contributed by atoms with Crippen LogP contribution in [0.3, 0.4) is 0 Å². The summed E-state index contributed by atoms with van der Waals surface area (Å²) < 4.78 is 0. The van der Waals surface area contributed by atoms with E-state index >= 15 is 0 Å². The zero-order chi connectivity index (χ0) is 14.5. The highest BCUT2D eigenvalue weighted by molar-refractivity contribution is 5.96. The number of nitrogens with zero attached hydrogens (tertiary/aromatic N) is 1. The van der Waals surface area contributed by atoms with Gasteiger partial charge in [-0.3, -0.25) is 9.59 Å². The fourth-order valence-electron chi connectivity index (χ4n) is 2.33. The Labute approximate surface area is 120 Å². The molecule has 20 heavy (non-hydrogen) atoms. The predicted octanol–water partition coefficient (Wildman–Crippen LogP) is 1.98. The molecule has 0 unspecified atom stereocenters. The number of hydrogen-bond donors (Lipinski definition) is 1. The first-order chi connectivity index (χ1) is 9.56. The number of likely N-dealkylation sites (tertiary alicyclic amines) is 1. The second-order valence-electron chi connectivity index (χ2n) is 5.61. The summed E-state index contributed by atoms with van der Waals surface area (Å²) in [4.78, 5) is 25.8. The van der Waals surface area contributed by atoms with E-state index in [4.69, 9.17) is 0 Å². The molecule has 108 valence electrons. The van der Waals surface area contributed by atoms with E-state index in [1.54, 1.807) is 12.1 Å². The predicted molar refractivity (Wildman–Crippen MR) is 78.5 cm³/mol. The van der Waals surface area contributed by atoms with Gasteiger partial charge in [-0.05, 0) is 37.8 Å². The lowest BCUT2D eigenvalue weighted by molar-refractivity contribution is -0.131. The summed E-state index contributed by atoms with van der Waals surface area (Å²) >= 11 is 0. The van der Waals surface area contributed by atoms with E-state index in [0.29, 0.717) is 11.5 Å². The van der Waals surface area contributed by atoms with Crippen molar-refractivity contribution in [1.29, 1.82) is 0 Å². The van der Waals surface area contributed by atoms with Crippen LogP contribution in [0.25, 0.3) is 0 Å². The highest BCUT2D eigenvalue weighted by Crippen LogP contribution is 2.15. The molecule has 0 spiro atoms. The molecule has 1 N–H and O–H groups in total. The number of carbonyl (C=O) groups is 2. The van der Waals surface area contributed by atoms with Crippen molar-refractivity contribution in [3.05, 3.63) is 35.4 Å². The van der Waals surface area contributed by atoms with Crippen LogP contribution in [0.15, 0.2) is 24.3 Å². The number of amides is 2. The molecule has 1 aliphatic rings. The molecule has 0 radical (unpaired) electrons. The third-order valence-electron chi connectivity index (χ3n) is 3.85. The van der Waals surface area contributed by atoms with Crippen molar-refractivity contribution in [2.24, 2.45) is 5.92 Å². The Kier molecular flexibility index (Phi) is 4.77. The smallest absolute Gasteiger partial charge is 0.251 e. The summed E-state index contributed by atoms with van der Waals surface area (Å²) in [6.45, 7) is 5.88. The van der Waals surface area contributed by atoms with Crippen molar-refractivity contribution in [2.75, 3.05) is 19.6 Å². The van der Waals surface area contributed by atoms with Crippen LogP contribution >= 0.6 is 0 Å². The molecule has 0 saturated carbocycles. The van der Waals surface area contributed by atoms with Crippen LogP contribution in [-0.2, 0) is 4.79 Å². The Morgan fingerprint density at radius 1 is 1.20 bits per heavy atom. The Hall–Kier alpha value is -1.84. The van der Waals surface area contributed by atoms with Gasteiger partial charge >= 0.3 is 0 Å². The maximum absolute atomic E-state index is 12.0. The third-order valence-corrected chi connectivity index (χ3v) is 3.85. The highest BCUT2D eigenvalue weighted by Gasteiger charge is 2.20. The topological polar surface area (TPSA) is 49.4 Å². The monoisotopic (exact) mass is 274 g/mol. The SMILES string of the molecule is Cc1ccc(C(=O)NCC(=O)N2CCC(C)CC2)cc1. The molecule has 1 aliphatic heterocycles. The molecule has 1 fully saturated rings. The molecule has 1 aromatic carbocycles. The van der Waals surface area contributed by atoms with Crippen molar-refractivity contribution in [3.63, 3.8) is 0 Å². The van der Waals surface area contributed by atoms with Crippen LogP contribution in [0.5, 0.6) is 0 Å². The molecule has 1 aromatic rings. The van der Waals surface area contributed by atoms with E-state index in [-0.39, 0.29) is 18.4 Å². The van der Waals surface area contributed by atoms with E-state index in [2.05, 4.69) is 12.2 Å². The molecule has 2 rings (SSSR count). The molecule has 0 bridgehead atoms. The van der Waals surface area contributed by atoms with Gasteiger partial charge in [0, 0.05) is 18.7 Å². The van der Waals surface area contributed by atoms with Gasteiger partial charge in [0.25, 0.3) is 5.91 Å². The second kappa shape index (κ2) is 6.55. The highest BCUT2D eigenvalue weighted by atomic mass is 16.2. The van der Waals surface area contributed by atoms with Crippen LogP contribution in [0.4, 0.5) is 0 Å². The first-order valence-electron chi connectivity index (χ1n) is 7.19. The minimum Gasteiger partial charge on any atom is -0.343 e. The number of piperidine rings is 1. The molecule has 1 heterocycles. The second-order valence-corrected chi connectivity index (χ2v) is 5.61. The molecule has 4 heteroatoms. The van der Waals surface area contributed by atoms with Gasteiger partial charge in [-0.2, -0.15) is 0 Å². The van der Waals surface area contributed by atoms with Crippen LogP contribution in [0.2, 0.25) is 0 Å². The van der Waals surface area contributed by atoms with Gasteiger partial charge < -0.3 is 10.2 Å². The number of carbonyl (C=O) groups excluding carboxylic acids is 2. The molecule has 1 saturated heterocycles. The number of nitrogens with one attached hydrogen (secondary N) is 1. The van der Waals surface area contributed by atoms with Gasteiger partial charge in [-0.15, -0.1) is 0 Å². The summed E-state index contributed by atoms with van der Waals surface area (Å²) in [6.07, 6.45) is 2.11. The summed E-state index contributed by atoms with van der Waals surface area (Å²) in [7, 11) is 0. The fourth-order valence-corrected chi connectivity index (χ4v) is 2.33. The fraction of sp³-hybridized carbons (Fsp3) is 0.500. The van der Waals surface area contributed by atoms with E-state index in [1.807, 2.05) is 24.0 Å². The first-order valence-corrected chi connectivity index (χ1v) is 7.19. The Morgan fingerprint density at radius 2 is 1.80 bits per heavy atom. The van der Waals surface area contributed by atoms with Crippen molar-refractivity contribution in [1.82, 2.24) is 10.2 Å². The van der Waals surface area contributed by atoms with Gasteiger partial charge in [0.1, 0.15) is 0 Å². The van der Waals surface area contributed by atoms with Gasteiger partial charge in [0.2, 0.25) is 5.91 Å². The summed E-state index contributed by atoms with van der Waals surface area (Å²) in [5, 5.41) is 2.70. The molecule has 0 aliphatic carbocycles. The molecular formula is C16H22N2O2. The van der Waals surface area contributed by atoms with Crippen molar-refractivity contribution < 1.29 is 9.59 Å². The largest absolute Gasteiger partial charge is 0.343 e. The third kappa shape index (κ3) is 3.83. The zero-order valence-corrected chi connectivity index (χ0v) is 12.2. The average molecular weight is 274 g/mol. The quantitative estimate of drug-likeness (QED) is 0.916. The number of hydrogen-bond acceptors (Lipinski definition) is 2. The number of rotatable bonds is 3. The lowest BCUT2D eigenvalue weighted by Gasteiger charge is -2.30. The van der Waals surface area contributed by atoms with Gasteiger partial charge in [0.15, 0.2) is 0 Å². The number of aryl methyl sites for hydroxylation is 1. The van der Waals surface area contributed by atoms with Crippen LogP contribution in [-0.4, -0.2) is 36.3 Å². The van der Waals surface area contributed by atoms with Gasteiger partial charge in [0.05, 0.1) is 6.54 Å². The minimum absolute atomic E-state index is 0.0114. The van der Waals surface area contributed by atoms with Crippen molar-refractivity contribution >= 4 is 11.8 Å². The minimum atomic E-state index is -0.191. The summed E-state index contributed by atoms with van der Waals surface area (Å²) in [5.41, 5.74) is 1.70. The van der Waals surface area contributed by atoms with E-state index < -0.39 is 0 Å². The normalized spacial score (nSPS) is 16.0. The molecule has 0 atom stereocenters. The maximum atomic E-state index is 12.0. The Bertz CT molecular complexity index is 474. The van der Waals surface area contributed by atoms with Crippen LogP contribution in [0.1, 0.15) is 35.7 Å².